The van der Waals surface area contributed by atoms with Crippen LogP contribution in [0.3, 0.4) is 0 Å². The molecule has 198 valence electrons. The lowest BCUT2D eigenvalue weighted by molar-refractivity contribution is 0.615. The smallest absolute Gasteiger partial charge is 0.210 e. The van der Waals surface area contributed by atoms with Crippen molar-refractivity contribution in [1.29, 1.82) is 0 Å². The van der Waals surface area contributed by atoms with Crippen molar-refractivity contribution in [3.63, 3.8) is 0 Å². The number of hydrogen-bond acceptors (Lipinski definition) is 4. The Morgan fingerprint density at radius 1 is 0.341 bits per heavy atom. The Balaban J connectivity index is 1.50. The second-order valence-corrected chi connectivity index (χ2v) is 13.7. The summed E-state index contributed by atoms with van der Waals surface area (Å²) < 4.78 is 29.7. The van der Waals surface area contributed by atoms with E-state index in [0.29, 0.717) is 9.81 Å². The maximum absolute atomic E-state index is 14.9. The predicted molar refractivity (Wildman–Crippen MR) is 175 cm³/mol. The third-order valence-electron chi connectivity index (χ3n) is 7.14. The number of allylic oxidation sites excluding steroid dienone is 2. The first-order chi connectivity index (χ1) is 20.1. The fourth-order valence-corrected chi connectivity index (χ4v) is 9.98. The molecular formula is C36H24O2S3. The molecule has 1 aliphatic heterocycles. The number of hydrogen-bond donors (Lipinski definition) is 0. The summed E-state index contributed by atoms with van der Waals surface area (Å²) >= 11 is 3.04. The van der Waals surface area contributed by atoms with Gasteiger partial charge in [0.2, 0.25) is 9.84 Å². The normalized spacial score (nSPS) is 14.5. The summed E-state index contributed by atoms with van der Waals surface area (Å²) in [6, 6.07) is 48.0. The van der Waals surface area contributed by atoms with Gasteiger partial charge >= 0.3 is 0 Å². The largest absolute Gasteiger partial charge is 0.218 e. The molecule has 0 radical (unpaired) electrons. The Bertz CT molecular complexity index is 1870. The Hall–Kier alpha value is -4.29. The molecule has 7 rings (SSSR count). The maximum Gasteiger partial charge on any atom is 0.210 e. The standard InChI is InChI=1S/C36H24O2S3/c37-41(38)35(31-23-21-29(39-31)25-13-5-1-6-14-25)33(27-17-9-3-10-18-27)34(28-19-11-4-12-20-28)36(41)32-24-22-30(40-32)26-15-7-2-8-16-26/h1-24H. The zero-order valence-electron chi connectivity index (χ0n) is 21.9. The van der Waals surface area contributed by atoms with Gasteiger partial charge in [-0.25, -0.2) is 8.42 Å². The SMILES string of the molecule is O=S1(=O)C(c2ccc(-c3ccccc3)s2)=C(c2ccccc2)C(c2ccccc2)=C1c1ccc(-c2ccccc2)s1. The molecule has 0 aliphatic carbocycles. The molecule has 0 unspecified atom stereocenters. The van der Waals surface area contributed by atoms with Gasteiger partial charge in [0.25, 0.3) is 0 Å². The first kappa shape index (κ1) is 25.7. The quantitative estimate of drug-likeness (QED) is 0.195. The maximum atomic E-state index is 14.9. The lowest BCUT2D eigenvalue weighted by Gasteiger charge is -2.11. The van der Waals surface area contributed by atoms with E-state index in [1.165, 1.54) is 22.7 Å². The van der Waals surface area contributed by atoms with Crippen molar-refractivity contribution in [3.05, 3.63) is 166 Å². The van der Waals surface area contributed by atoms with Gasteiger partial charge in [-0.05, 0) is 46.5 Å². The van der Waals surface area contributed by atoms with Crippen LogP contribution in [0.5, 0.6) is 0 Å². The molecule has 0 atom stereocenters. The molecule has 0 amide bonds. The minimum absolute atomic E-state index is 0.374. The van der Waals surface area contributed by atoms with E-state index in [2.05, 4.69) is 24.3 Å². The van der Waals surface area contributed by atoms with Crippen LogP contribution in [0.2, 0.25) is 0 Å². The summed E-state index contributed by atoms with van der Waals surface area (Å²) in [6.45, 7) is 0. The monoisotopic (exact) mass is 584 g/mol. The minimum Gasteiger partial charge on any atom is -0.218 e. The Kier molecular flexibility index (Phi) is 6.63. The van der Waals surface area contributed by atoms with E-state index in [9.17, 15) is 8.42 Å². The van der Waals surface area contributed by atoms with Crippen molar-refractivity contribution >= 4 is 53.5 Å². The molecule has 0 bridgehead atoms. The van der Waals surface area contributed by atoms with Gasteiger partial charge in [0.15, 0.2) is 0 Å². The highest BCUT2D eigenvalue weighted by atomic mass is 32.2. The van der Waals surface area contributed by atoms with Crippen LogP contribution in [0, 0.1) is 0 Å². The molecule has 0 N–H and O–H groups in total. The first-order valence-electron chi connectivity index (χ1n) is 13.3. The van der Waals surface area contributed by atoms with E-state index in [4.69, 9.17) is 0 Å². The van der Waals surface area contributed by atoms with E-state index in [-0.39, 0.29) is 0 Å². The van der Waals surface area contributed by atoms with Crippen LogP contribution < -0.4 is 0 Å². The predicted octanol–water partition coefficient (Wildman–Crippen LogP) is 10.0. The molecule has 0 spiro atoms. The summed E-state index contributed by atoms with van der Waals surface area (Å²) in [6.07, 6.45) is 0. The lowest BCUT2D eigenvalue weighted by Crippen LogP contribution is -2.01. The van der Waals surface area contributed by atoms with Gasteiger partial charge in [-0.1, -0.05) is 121 Å². The molecule has 0 fully saturated rings. The lowest BCUT2D eigenvalue weighted by atomic mass is 9.91. The van der Waals surface area contributed by atoms with Gasteiger partial charge in [-0.2, -0.15) is 0 Å². The Morgan fingerprint density at radius 3 is 0.976 bits per heavy atom. The highest BCUT2D eigenvalue weighted by Gasteiger charge is 2.42. The molecule has 0 saturated heterocycles. The van der Waals surface area contributed by atoms with Crippen LogP contribution in [0.25, 0.3) is 41.8 Å². The molecule has 5 heteroatoms. The second kappa shape index (κ2) is 10.6. The van der Waals surface area contributed by atoms with Crippen molar-refractivity contribution in [2.45, 2.75) is 0 Å². The highest BCUT2D eigenvalue weighted by molar-refractivity contribution is 8.10. The molecule has 0 saturated carbocycles. The Labute approximate surface area is 248 Å². The van der Waals surface area contributed by atoms with Gasteiger partial charge in [0.1, 0.15) is 0 Å². The molecule has 2 aromatic heterocycles. The third-order valence-corrected chi connectivity index (χ3v) is 11.6. The summed E-state index contributed by atoms with van der Waals surface area (Å²) in [5.41, 5.74) is 5.42. The van der Waals surface area contributed by atoms with Gasteiger partial charge in [0, 0.05) is 30.7 Å². The van der Waals surface area contributed by atoms with E-state index in [1.807, 2.05) is 121 Å². The summed E-state index contributed by atoms with van der Waals surface area (Å²) in [7, 11) is -3.89. The van der Waals surface area contributed by atoms with Crippen molar-refractivity contribution in [3.8, 4) is 20.9 Å². The Morgan fingerprint density at radius 2 is 0.634 bits per heavy atom. The fraction of sp³-hybridized carbons (Fsp3) is 0. The van der Waals surface area contributed by atoms with E-state index in [0.717, 1.165) is 52.9 Å². The zero-order valence-corrected chi connectivity index (χ0v) is 24.3. The number of thiophene rings is 2. The first-order valence-corrected chi connectivity index (χ1v) is 16.4. The van der Waals surface area contributed by atoms with Crippen molar-refractivity contribution in [2.24, 2.45) is 0 Å². The molecule has 1 aliphatic rings. The van der Waals surface area contributed by atoms with Crippen LogP contribution in [0.1, 0.15) is 20.9 Å². The molecular weight excluding hydrogens is 561 g/mol. The average Bonchev–Trinajstić information content (AvgIpc) is 3.75. The summed E-state index contributed by atoms with van der Waals surface area (Å²) in [5, 5.41) is 0. The number of sulfone groups is 1. The molecule has 2 nitrogen and oxygen atoms in total. The van der Waals surface area contributed by atoms with Gasteiger partial charge < -0.3 is 0 Å². The number of benzene rings is 4. The van der Waals surface area contributed by atoms with Crippen LogP contribution in [-0.2, 0) is 9.84 Å². The van der Waals surface area contributed by atoms with Crippen molar-refractivity contribution < 1.29 is 8.42 Å². The van der Waals surface area contributed by atoms with Gasteiger partial charge in [-0.15, -0.1) is 22.7 Å². The molecule has 4 aromatic carbocycles. The number of rotatable bonds is 6. The van der Waals surface area contributed by atoms with E-state index in [1.54, 1.807) is 0 Å². The highest BCUT2D eigenvalue weighted by Crippen LogP contribution is 2.56. The third kappa shape index (κ3) is 4.62. The van der Waals surface area contributed by atoms with Crippen LogP contribution >= 0.6 is 22.7 Å². The zero-order chi connectivity index (χ0) is 27.8. The minimum atomic E-state index is -3.89. The van der Waals surface area contributed by atoms with Crippen molar-refractivity contribution in [2.75, 3.05) is 0 Å². The molecule has 3 heterocycles. The van der Waals surface area contributed by atoms with Crippen LogP contribution in [0.15, 0.2) is 146 Å². The molecule has 41 heavy (non-hydrogen) atoms. The second-order valence-electron chi connectivity index (χ2n) is 9.70. The van der Waals surface area contributed by atoms with E-state index < -0.39 is 9.84 Å². The molecule has 6 aromatic rings. The van der Waals surface area contributed by atoms with E-state index >= 15 is 0 Å². The van der Waals surface area contributed by atoms with Crippen LogP contribution in [-0.4, -0.2) is 8.42 Å². The van der Waals surface area contributed by atoms with Gasteiger partial charge in [-0.3, -0.25) is 0 Å². The van der Waals surface area contributed by atoms with Gasteiger partial charge in [0.05, 0.1) is 9.81 Å². The fourth-order valence-electron chi connectivity index (χ4n) is 5.30. The van der Waals surface area contributed by atoms with Crippen molar-refractivity contribution in [1.82, 2.24) is 0 Å². The average molecular weight is 585 g/mol. The summed E-state index contributed by atoms with van der Waals surface area (Å²) in [4.78, 5) is 4.30. The topological polar surface area (TPSA) is 34.1 Å². The summed E-state index contributed by atoms with van der Waals surface area (Å²) in [5.74, 6) is 0. The van der Waals surface area contributed by atoms with Crippen LogP contribution in [0.4, 0.5) is 0 Å².